The Morgan fingerprint density at radius 3 is 2.56 bits per heavy atom. The highest BCUT2D eigenvalue weighted by Crippen LogP contribution is 2.28. The van der Waals surface area contributed by atoms with Crippen molar-refractivity contribution in [2.45, 2.75) is 44.6 Å². The highest BCUT2D eigenvalue weighted by Gasteiger charge is 2.20. The van der Waals surface area contributed by atoms with Crippen molar-refractivity contribution in [3.05, 3.63) is 0 Å². The Balaban J connectivity index is 2.28. The molecular formula is C13H28N2S. The zero-order valence-corrected chi connectivity index (χ0v) is 11.8. The molecule has 1 saturated carbocycles. The summed E-state index contributed by atoms with van der Waals surface area (Å²) in [7, 11) is 2.23. The SMILES string of the molecule is CSCCN(C)C(CN)CC1CCCCC1. The molecule has 0 amide bonds. The van der Waals surface area contributed by atoms with Crippen LogP contribution >= 0.6 is 11.8 Å². The first-order valence-electron chi connectivity index (χ1n) is 6.67. The third-order valence-electron chi connectivity index (χ3n) is 3.87. The van der Waals surface area contributed by atoms with Crippen molar-refractivity contribution in [1.29, 1.82) is 0 Å². The van der Waals surface area contributed by atoms with Gasteiger partial charge in [-0.15, -0.1) is 0 Å². The first-order chi connectivity index (χ1) is 7.77. The number of hydrogen-bond donors (Lipinski definition) is 1. The average molecular weight is 244 g/mol. The largest absolute Gasteiger partial charge is 0.329 e. The minimum atomic E-state index is 0.607. The predicted molar refractivity (Wildman–Crippen MR) is 75.0 cm³/mol. The van der Waals surface area contributed by atoms with Gasteiger partial charge in [-0.3, -0.25) is 0 Å². The molecule has 16 heavy (non-hydrogen) atoms. The minimum Gasteiger partial charge on any atom is -0.329 e. The van der Waals surface area contributed by atoms with Crippen molar-refractivity contribution >= 4 is 11.8 Å². The third kappa shape index (κ3) is 5.07. The van der Waals surface area contributed by atoms with E-state index in [1.54, 1.807) is 0 Å². The molecule has 1 atom stereocenters. The normalized spacial score (nSPS) is 20.2. The quantitative estimate of drug-likeness (QED) is 0.746. The van der Waals surface area contributed by atoms with Crippen LogP contribution < -0.4 is 5.73 Å². The molecule has 1 fully saturated rings. The van der Waals surface area contributed by atoms with Gasteiger partial charge in [-0.2, -0.15) is 11.8 Å². The average Bonchev–Trinajstić information content (AvgIpc) is 2.34. The van der Waals surface area contributed by atoms with E-state index in [4.69, 9.17) is 5.73 Å². The maximum atomic E-state index is 5.91. The Kier molecular flexibility index (Phi) is 7.50. The maximum Gasteiger partial charge on any atom is 0.0218 e. The number of rotatable bonds is 7. The van der Waals surface area contributed by atoms with E-state index in [0.717, 1.165) is 12.5 Å². The second-order valence-corrected chi connectivity index (χ2v) is 6.09. The Morgan fingerprint density at radius 2 is 2.00 bits per heavy atom. The van der Waals surface area contributed by atoms with Gasteiger partial charge < -0.3 is 10.6 Å². The van der Waals surface area contributed by atoms with Crippen LogP contribution in [0.4, 0.5) is 0 Å². The Bertz CT molecular complexity index is 169. The predicted octanol–water partition coefficient (Wildman–Crippen LogP) is 2.58. The van der Waals surface area contributed by atoms with E-state index in [2.05, 4.69) is 18.2 Å². The second-order valence-electron chi connectivity index (χ2n) is 5.10. The molecule has 96 valence electrons. The third-order valence-corrected chi connectivity index (χ3v) is 4.46. The Labute approximate surface area is 105 Å². The van der Waals surface area contributed by atoms with Crippen LogP contribution in [-0.4, -0.2) is 43.1 Å². The molecule has 1 rings (SSSR count). The van der Waals surface area contributed by atoms with Crippen LogP contribution in [0.5, 0.6) is 0 Å². The number of nitrogens with zero attached hydrogens (tertiary/aromatic N) is 1. The summed E-state index contributed by atoms with van der Waals surface area (Å²) in [6.07, 6.45) is 10.7. The van der Waals surface area contributed by atoms with Crippen LogP contribution in [0.25, 0.3) is 0 Å². The van der Waals surface area contributed by atoms with Crippen LogP contribution in [0, 0.1) is 5.92 Å². The number of thioether (sulfide) groups is 1. The Morgan fingerprint density at radius 1 is 1.31 bits per heavy atom. The van der Waals surface area contributed by atoms with Gasteiger partial charge in [-0.05, 0) is 25.6 Å². The smallest absolute Gasteiger partial charge is 0.0218 e. The molecule has 0 spiro atoms. The summed E-state index contributed by atoms with van der Waals surface area (Å²) >= 11 is 1.92. The second kappa shape index (κ2) is 8.37. The Hall–Kier alpha value is 0.270. The molecule has 3 heteroatoms. The van der Waals surface area contributed by atoms with E-state index in [0.29, 0.717) is 6.04 Å². The summed E-state index contributed by atoms with van der Waals surface area (Å²) in [6.45, 7) is 2.00. The van der Waals surface area contributed by atoms with Crippen molar-refractivity contribution in [3.63, 3.8) is 0 Å². The molecule has 0 aromatic rings. The van der Waals surface area contributed by atoms with E-state index in [9.17, 15) is 0 Å². The van der Waals surface area contributed by atoms with E-state index in [-0.39, 0.29) is 0 Å². The molecule has 0 heterocycles. The summed E-state index contributed by atoms with van der Waals surface area (Å²) in [5.41, 5.74) is 5.91. The molecule has 0 bridgehead atoms. The zero-order valence-electron chi connectivity index (χ0n) is 11.0. The van der Waals surface area contributed by atoms with Crippen LogP contribution in [0.15, 0.2) is 0 Å². The molecule has 0 saturated heterocycles. The summed E-state index contributed by atoms with van der Waals surface area (Å²) in [4.78, 5) is 2.46. The van der Waals surface area contributed by atoms with Gasteiger partial charge in [0.15, 0.2) is 0 Å². The fourth-order valence-corrected chi connectivity index (χ4v) is 3.15. The summed E-state index contributed by atoms with van der Waals surface area (Å²) < 4.78 is 0. The van der Waals surface area contributed by atoms with Gasteiger partial charge in [0.05, 0.1) is 0 Å². The highest BCUT2D eigenvalue weighted by molar-refractivity contribution is 7.98. The van der Waals surface area contributed by atoms with Gasteiger partial charge in [-0.1, -0.05) is 32.1 Å². The number of likely N-dealkylation sites (N-methyl/N-ethyl adjacent to an activating group) is 1. The molecule has 1 unspecified atom stereocenters. The van der Waals surface area contributed by atoms with E-state index < -0.39 is 0 Å². The fourth-order valence-electron chi connectivity index (χ4n) is 2.68. The van der Waals surface area contributed by atoms with E-state index >= 15 is 0 Å². The molecule has 2 N–H and O–H groups in total. The van der Waals surface area contributed by atoms with Gasteiger partial charge in [-0.25, -0.2) is 0 Å². The van der Waals surface area contributed by atoms with Gasteiger partial charge in [0.25, 0.3) is 0 Å². The van der Waals surface area contributed by atoms with Crippen molar-refractivity contribution in [2.75, 3.05) is 32.1 Å². The molecule has 2 nitrogen and oxygen atoms in total. The minimum absolute atomic E-state index is 0.607. The number of hydrogen-bond acceptors (Lipinski definition) is 3. The molecule has 0 radical (unpaired) electrons. The molecule has 1 aliphatic rings. The van der Waals surface area contributed by atoms with Crippen molar-refractivity contribution in [3.8, 4) is 0 Å². The summed E-state index contributed by atoms with van der Waals surface area (Å²) in [6, 6.07) is 0.607. The number of nitrogens with two attached hydrogens (primary N) is 1. The van der Waals surface area contributed by atoms with E-state index in [1.807, 2.05) is 11.8 Å². The lowest BCUT2D eigenvalue weighted by molar-refractivity contribution is 0.199. The lowest BCUT2D eigenvalue weighted by Gasteiger charge is -2.31. The van der Waals surface area contributed by atoms with Gasteiger partial charge in [0.2, 0.25) is 0 Å². The first-order valence-corrected chi connectivity index (χ1v) is 8.06. The standard InChI is InChI=1S/C13H28N2S/c1-15(8-9-16-2)13(11-14)10-12-6-4-3-5-7-12/h12-13H,3-11,14H2,1-2H3. The molecule has 0 aliphatic heterocycles. The molecule has 0 aromatic heterocycles. The van der Waals surface area contributed by atoms with Gasteiger partial charge in [0, 0.05) is 24.9 Å². The lowest BCUT2D eigenvalue weighted by atomic mass is 9.84. The van der Waals surface area contributed by atoms with Gasteiger partial charge in [0.1, 0.15) is 0 Å². The van der Waals surface area contributed by atoms with Crippen molar-refractivity contribution in [2.24, 2.45) is 11.7 Å². The summed E-state index contributed by atoms with van der Waals surface area (Å²) in [5, 5.41) is 0. The summed E-state index contributed by atoms with van der Waals surface area (Å²) in [5.74, 6) is 2.16. The van der Waals surface area contributed by atoms with Crippen molar-refractivity contribution < 1.29 is 0 Å². The topological polar surface area (TPSA) is 29.3 Å². The molecule has 0 aromatic carbocycles. The van der Waals surface area contributed by atoms with E-state index in [1.165, 1.54) is 50.8 Å². The molecule has 1 aliphatic carbocycles. The van der Waals surface area contributed by atoms with Crippen molar-refractivity contribution in [1.82, 2.24) is 4.90 Å². The van der Waals surface area contributed by atoms with Gasteiger partial charge >= 0.3 is 0 Å². The lowest BCUT2D eigenvalue weighted by Crippen LogP contribution is -2.40. The highest BCUT2D eigenvalue weighted by atomic mass is 32.2. The fraction of sp³-hybridized carbons (Fsp3) is 1.00. The van der Waals surface area contributed by atoms with Crippen LogP contribution in [0.2, 0.25) is 0 Å². The zero-order chi connectivity index (χ0) is 11.8. The monoisotopic (exact) mass is 244 g/mol. The van der Waals surface area contributed by atoms with Crippen LogP contribution in [0.3, 0.4) is 0 Å². The van der Waals surface area contributed by atoms with Crippen LogP contribution in [0.1, 0.15) is 38.5 Å². The first kappa shape index (κ1) is 14.3. The molecular weight excluding hydrogens is 216 g/mol. The maximum absolute atomic E-state index is 5.91. The van der Waals surface area contributed by atoms with Crippen LogP contribution in [-0.2, 0) is 0 Å².